The van der Waals surface area contributed by atoms with Gasteiger partial charge >= 0.3 is 0 Å². The number of anilines is 1. The summed E-state index contributed by atoms with van der Waals surface area (Å²) >= 11 is 12.4. The summed E-state index contributed by atoms with van der Waals surface area (Å²) in [6, 6.07) is 18.1. The molecule has 1 N–H and O–H groups in total. The van der Waals surface area contributed by atoms with Crippen molar-refractivity contribution >= 4 is 40.7 Å². The van der Waals surface area contributed by atoms with Crippen molar-refractivity contribution < 1.29 is 14.3 Å². The number of carbonyl (C=O) groups is 2. The Morgan fingerprint density at radius 2 is 1.71 bits per heavy atom. The molecule has 0 bridgehead atoms. The van der Waals surface area contributed by atoms with Gasteiger partial charge in [0.2, 0.25) is 11.8 Å². The van der Waals surface area contributed by atoms with Crippen LogP contribution in [0.1, 0.15) is 41.1 Å². The molecule has 1 heterocycles. The number of hydrogen-bond donors (Lipinski definition) is 1. The topological polar surface area (TPSA) is 58.6 Å². The maximum absolute atomic E-state index is 13.6. The molecule has 2 atom stereocenters. The Bertz CT molecular complexity index is 1240. The molecule has 35 heavy (non-hydrogen) atoms. The zero-order chi connectivity index (χ0) is 25.1. The number of aryl methyl sites for hydroxylation is 2. The zero-order valence-electron chi connectivity index (χ0n) is 20.0. The van der Waals surface area contributed by atoms with Gasteiger partial charge in [0.25, 0.3) is 0 Å². The maximum Gasteiger partial charge on any atom is 0.227 e. The van der Waals surface area contributed by atoms with E-state index in [1.54, 1.807) is 42.3 Å². The van der Waals surface area contributed by atoms with Crippen LogP contribution < -0.4 is 15.0 Å². The van der Waals surface area contributed by atoms with Crippen LogP contribution in [-0.4, -0.2) is 25.5 Å². The van der Waals surface area contributed by atoms with Crippen LogP contribution in [0.15, 0.2) is 60.7 Å². The Morgan fingerprint density at radius 1 is 1.00 bits per heavy atom. The molecular weight excluding hydrogens is 483 g/mol. The molecule has 1 saturated heterocycles. The van der Waals surface area contributed by atoms with Gasteiger partial charge in [0.15, 0.2) is 0 Å². The smallest absolute Gasteiger partial charge is 0.227 e. The second kappa shape index (κ2) is 10.7. The molecule has 1 aliphatic rings. The van der Waals surface area contributed by atoms with E-state index in [4.69, 9.17) is 27.9 Å². The number of benzene rings is 3. The summed E-state index contributed by atoms with van der Waals surface area (Å²) < 4.78 is 5.57. The lowest BCUT2D eigenvalue weighted by molar-refractivity contribution is -0.127. The summed E-state index contributed by atoms with van der Waals surface area (Å²) in [5, 5.41) is 4.33. The molecule has 2 amide bonds. The molecule has 3 aromatic rings. The summed E-state index contributed by atoms with van der Waals surface area (Å²) in [6.07, 6.45) is 0.809. The highest BCUT2D eigenvalue weighted by atomic mass is 35.5. The van der Waals surface area contributed by atoms with Crippen LogP contribution >= 0.6 is 23.2 Å². The van der Waals surface area contributed by atoms with Crippen LogP contribution in [0, 0.1) is 19.8 Å². The van der Waals surface area contributed by atoms with Gasteiger partial charge in [-0.05, 0) is 79.4 Å². The number of amides is 2. The molecule has 4 rings (SSSR count). The van der Waals surface area contributed by atoms with Crippen molar-refractivity contribution in [3.63, 3.8) is 0 Å². The van der Waals surface area contributed by atoms with Crippen molar-refractivity contribution in [2.45, 2.75) is 32.7 Å². The molecule has 0 spiro atoms. The Balaban J connectivity index is 1.62. The van der Waals surface area contributed by atoms with Gasteiger partial charge in [-0.2, -0.15) is 0 Å². The molecule has 182 valence electrons. The Morgan fingerprint density at radius 3 is 2.40 bits per heavy atom. The van der Waals surface area contributed by atoms with Crippen molar-refractivity contribution in [3.8, 4) is 5.75 Å². The number of nitrogens with one attached hydrogen (secondary N) is 1. The van der Waals surface area contributed by atoms with Gasteiger partial charge in [-0.1, -0.05) is 41.4 Å². The maximum atomic E-state index is 13.6. The summed E-state index contributed by atoms with van der Waals surface area (Å²) in [5.74, 6) is 0.163. The van der Waals surface area contributed by atoms with Gasteiger partial charge < -0.3 is 15.0 Å². The molecule has 0 radical (unpaired) electrons. The van der Waals surface area contributed by atoms with E-state index in [1.165, 1.54) is 0 Å². The van der Waals surface area contributed by atoms with Gasteiger partial charge in [-0.3, -0.25) is 9.59 Å². The van der Waals surface area contributed by atoms with Gasteiger partial charge in [-0.15, -0.1) is 0 Å². The molecule has 0 aromatic heterocycles. The first kappa shape index (κ1) is 25.1. The third-order valence-electron chi connectivity index (χ3n) is 6.58. The van der Waals surface area contributed by atoms with E-state index in [-0.39, 0.29) is 17.7 Å². The molecule has 3 aromatic carbocycles. The fourth-order valence-electron chi connectivity index (χ4n) is 4.39. The first-order valence-corrected chi connectivity index (χ1v) is 12.3. The Hall–Kier alpha value is -3.02. The molecule has 1 fully saturated rings. The number of ether oxygens (including phenoxy) is 1. The standard InChI is InChI=1S/C28H28Cl2N2O3/c1-17-4-11-23(14-18(17)2)32-16-20(7-13-26(32)33)28(34)31-27(19-5-8-21(29)9-6-19)24-15-22(30)10-12-25(24)35-3/h4-6,8-12,14-15,20,27H,7,13,16H2,1-3H3,(H,31,34). The molecular formula is C28H28Cl2N2O3. The minimum Gasteiger partial charge on any atom is -0.496 e. The van der Waals surface area contributed by atoms with Crippen LogP contribution in [0.4, 0.5) is 5.69 Å². The first-order valence-electron chi connectivity index (χ1n) is 11.5. The normalized spacial score (nSPS) is 16.7. The van der Waals surface area contributed by atoms with Gasteiger partial charge in [0.05, 0.1) is 19.1 Å². The van der Waals surface area contributed by atoms with Gasteiger partial charge in [0, 0.05) is 34.3 Å². The van der Waals surface area contributed by atoms with Crippen LogP contribution in [-0.2, 0) is 9.59 Å². The minimum atomic E-state index is -0.499. The third kappa shape index (κ3) is 5.63. The lowest BCUT2D eigenvalue weighted by atomic mass is 9.93. The minimum absolute atomic E-state index is 0.0306. The van der Waals surface area contributed by atoms with Crippen LogP contribution in [0.5, 0.6) is 5.75 Å². The van der Waals surface area contributed by atoms with Crippen molar-refractivity contribution in [1.82, 2.24) is 5.32 Å². The number of methoxy groups -OCH3 is 1. The van der Waals surface area contributed by atoms with Crippen LogP contribution in [0.25, 0.3) is 0 Å². The number of rotatable bonds is 6. The molecule has 0 saturated carbocycles. The lowest BCUT2D eigenvalue weighted by Crippen LogP contribution is -2.46. The van der Waals surface area contributed by atoms with E-state index in [0.29, 0.717) is 35.2 Å². The molecule has 2 unspecified atom stereocenters. The quantitative estimate of drug-likeness (QED) is 0.425. The molecule has 5 nitrogen and oxygen atoms in total. The predicted octanol–water partition coefficient (Wildman–Crippen LogP) is 6.27. The molecule has 7 heteroatoms. The van der Waals surface area contributed by atoms with E-state index in [2.05, 4.69) is 5.32 Å². The monoisotopic (exact) mass is 510 g/mol. The average molecular weight is 511 g/mol. The summed E-state index contributed by atoms with van der Waals surface area (Å²) in [7, 11) is 1.58. The molecule has 0 aliphatic carbocycles. The van der Waals surface area contributed by atoms with E-state index < -0.39 is 6.04 Å². The first-order chi connectivity index (χ1) is 16.8. The largest absolute Gasteiger partial charge is 0.496 e. The van der Waals surface area contributed by atoms with E-state index in [1.807, 2.05) is 44.2 Å². The van der Waals surface area contributed by atoms with E-state index in [9.17, 15) is 9.59 Å². The summed E-state index contributed by atoms with van der Waals surface area (Å²) in [6.45, 7) is 4.38. The summed E-state index contributed by atoms with van der Waals surface area (Å²) in [5.41, 5.74) is 4.68. The van der Waals surface area contributed by atoms with Gasteiger partial charge in [0.1, 0.15) is 5.75 Å². The number of halogens is 2. The third-order valence-corrected chi connectivity index (χ3v) is 7.06. The van der Waals surface area contributed by atoms with Gasteiger partial charge in [-0.25, -0.2) is 0 Å². The number of nitrogens with zero attached hydrogens (tertiary/aromatic N) is 1. The Kier molecular flexibility index (Phi) is 7.68. The van der Waals surface area contributed by atoms with E-state index in [0.717, 1.165) is 27.9 Å². The lowest BCUT2D eigenvalue weighted by Gasteiger charge is -2.33. The summed E-state index contributed by atoms with van der Waals surface area (Å²) in [4.78, 5) is 28.0. The van der Waals surface area contributed by atoms with Crippen molar-refractivity contribution in [2.24, 2.45) is 5.92 Å². The second-order valence-electron chi connectivity index (χ2n) is 8.89. The highest BCUT2D eigenvalue weighted by molar-refractivity contribution is 6.31. The SMILES string of the molecule is COc1ccc(Cl)cc1C(NC(=O)C1CCC(=O)N(c2ccc(C)c(C)c2)C1)c1ccc(Cl)cc1. The van der Waals surface area contributed by atoms with Crippen LogP contribution in [0.3, 0.4) is 0 Å². The predicted molar refractivity (Wildman–Crippen MR) is 140 cm³/mol. The molecule has 1 aliphatic heterocycles. The van der Waals surface area contributed by atoms with Crippen molar-refractivity contribution in [3.05, 3.63) is 93.0 Å². The average Bonchev–Trinajstić information content (AvgIpc) is 2.85. The highest BCUT2D eigenvalue weighted by Crippen LogP contribution is 2.34. The van der Waals surface area contributed by atoms with E-state index >= 15 is 0 Å². The number of hydrogen-bond acceptors (Lipinski definition) is 3. The Labute approximate surface area is 216 Å². The zero-order valence-corrected chi connectivity index (χ0v) is 21.5. The second-order valence-corrected chi connectivity index (χ2v) is 9.76. The highest BCUT2D eigenvalue weighted by Gasteiger charge is 2.33. The van der Waals surface area contributed by atoms with Crippen molar-refractivity contribution in [1.29, 1.82) is 0 Å². The number of piperidine rings is 1. The van der Waals surface area contributed by atoms with Crippen molar-refractivity contribution in [2.75, 3.05) is 18.6 Å². The van der Waals surface area contributed by atoms with Crippen LogP contribution in [0.2, 0.25) is 10.0 Å². The fourth-order valence-corrected chi connectivity index (χ4v) is 4.70. The number of carbonyl (C=O) groups excluding carboxylic acids is 2. The fraction of sp³-hybridized carbons (Fsp3) is 0.286.